The van der Waals surface area contributed by atoms with Gasteiger partial charge in [0.25, 0.3) is 0 Å². The second-order valence-corrected chi connectivity index (χ2v) is 5.01. The Morgan fingerprint density at radius 1 is 1.16 bits per heavy atom. The Bertz CT molecular complexity index is 595. The number of likely N-dealkylation sites (N-methyl/N-ethyl adjacent to an activating group) is 1. The Kier molecular flexibility index (Phi) is 4.23. The van der Waals surface area contributed by atoms with Crippen LogP contribution < -0.4 is 4.90 Å². The van der Waals surface area contributed by atoms with Gasteiger partial charge < -0.3 is 4.90 Å². The van der Waals surface area contributed by atoms with E-state index in [0.29, 0.717) is 17.1 Å². The molecule has 0 saturated heterocycles. The molecule has 0 aromatic heterocycles. The second-order valence-electron chi connectivity index (χ2n) is 4.60. The van der Waals surface area contributed by atoms with Crippen molar-refractivity contribution in [1.29, 1.82) is 0 Å². The molecule has 98 valence electrons. The number of hydrogen-bond acceptors (Lipinski definition) is 2. The van der Waals surface area contributed by atoms with E-state index in [1.54, 1.807) is 12.1 Å². The third kappa shape index (κ3) is 3.36. The fourth-order valence-electron chi connectivity index (χ4n) is 1.94. The Labute approximate surface area is 118 Å². The zero-order chi connectivity index (χ0) is 13.8. The van der Waals surface area contributed by atoms with E-state index in [9.17, 15) is 4.79 Å². The molecule has 0 amide bonds. The van der Waals surface area contributed by atoms with Crippen LogP contribution in [0, 0.1) is 6.92 Å². The van der Waals surface area contributed by atoms with Gasteiger partial charge in [0.15, 0.2) is 5.78 Å². The van der Waals surface area contributed by atoms with Crippen LogP contribution in [-0.4, -0.2) is 19.4 Å². The topological polar surface area (TPSA) is 20.3 Å². The van der Waals surface area contributed by atoms with Gasteiger partial charge in [-0.1, -0.05) is 35.9 Å². The van der Waals surface area contributed by atoms with E-state index in [4.69, 9.17) is 11.6 Å². The molecule has 2 aromatic rings. The van der Waals surface area contributed by atoms with Gasteiger partial charge in [-0.05, 0) is 36.8 Å². The minimum atomic E-state index is 0.0228. The molecule has 0 unspecified atom stereocenters. The van der Waals surface area contributed by atoms with E-state index in [1.807, 2.05) is 49.2 Å². The van der Waals surface area contributed by atoms with Gasteiger partial charge in [0.2, 0.25) is 0 Å². The molecule has 0 bridgehead atoms. The average Bonchev–Trinajstić information content (AvgIpc) is 2.39. The summed E-state index contributed by atoms with van der Waals surface area (Å²) in [5.41, 5.74) is 2.78. The van der Waals surface area contributed by atoms with E-state index in [1.165, 1.54) is 5.56 Å². The SMILES string of the molecule is Cc1cccc(N(C)CC(=O)c2ccccc2Cl)c1. The van der Waals surface area contributed by atoms with Crippen molar-refractivity contribution in [3.63, 3.8) is 0 Å². The quantitative estimate of drug-likeness (QED) is 0.786. The van der Waals surface area contributed by atoms with Crippen LogP contribution in [0.1, 0.15) is 15.9 Å². The highest BCUT2D eigenvalue weighted by Crippen LogP contribution is 2.18. The number of hydrogen-bond donors (Lipinski definition) is 0. The van der Waals surface area contributed by atoms with Crippen LogP contribution in [0.3, 0.4) is 0 Å². The standard InChI is InChI=1S/C16H16ClNO/c1-12-6-5-7-13(10-12)18(2)11-16(19)14-8-3-4-9-15(14)17/h3-10H,11H2,1-2H3. The van der Waals surface area contributed by atoms with Crippen molar-refractivity contribution in [3.05, 3.63) is 64.7 Å². The number of carbonyl (C=O) groups excluding carboxylic acids is 1. The average molecular weight is 274 g/mol. The monoisotopic (exact) mass is 273 g/mol. The lowest BCUT2D eigenvalue weighted by Crippen LogP contribution is -2.25. The Morgan fingerprint density at radius 2 is 1.89 bits per heavy atom. The van der Waals surface area contributed by atoms with Crippen LogP contribution in [0.2, 0.25) is 5.02 Å². The van der Waals surface area contributed by atoms with Gasteiger partial charge in [-0.15, -0.1) is 0 Å². The van der Waals surface area contributed by atoms with Crippen molar-refractivity contribution in [3.8, 4) is 0 Å². The zero-order valence-corrected chi connectivity index (χ0v) is 11.8. The predicted molar refractivity (Wildman–Crippen MR) is 80.2 cm³/mol. The summed E-state index contributed by atoms with van der Waals surface area (Å²) in [6.07, 6.45) is 0. The number of rotatable bonds is 4. The maximum absolute atomic E-state index is 12.2. The van der Waals surface area contributed by atoms with Crippen molar-refractivity contribution >= 4 is 23.1 Å². The molecule has 0 aliphatic carbocycles. The van der Waals surface area contributed by atoms with Gasteiger partial charge in [0.1, 0.15) is 0 Å². The van der Waals surface area contributed by atoms with Gasteiger partial charge in [-0.2, -0.15) is 0 Å². The molecule has 0 atom stereocenters. The third-order valence-electron chi connectivity index (χ3n) is 3.00. The molecule has 2 nitrogen and oxygen atoms in total. The first-order valence-corrected chi connectivity index (χ1v) is 6.51. The smallest absolute Gasteiger partial charge is 0.183 e. The fourth-order valence-corrected chi connectivity index (χ4v) is 2.19. The highest BCUT2D eigenvalue weighted by molar-refractivity contribution is 6.34. The summed E-state index contributed by atoms with van der Waals surface area (Å²) in [6.45, 7) is 2.35. The normalized spacial score (nSPS) is 10.3. The molecule has 2 aromatic carbocycles. The van der Waals surface area contributed by atoms with Gasteiger partial charge >= 0.3 is 0 Å². The highest BCUT2D eigenvalue weighted by Gasteiger charge is 2.12. The minimum absolute atomic E-state index is 0.0228. The van der Waals surface area contributed by atoms with E-state index in [2.05, 4.69) is 6.07 Å². The second kappa shape index (κ2) is 5.89. The molecule has 19 heavy (non-hydrogen) atoms. The molecule has 0 aliphatic heterocycles. The third-order valence-corrected chi connectivity index (χ3v) is 3.33. The summed E-state index contributed by atoms with van der Waals surface area (Å²) in [6, 6.07) is 15.2. The van der Waals surface area contributed by atoms with Crippen molar-refractivity contribution in [2.45, 2.75) is 6.92 Å². The summed E-state index contributed by atoms with van der Waals surface area (Å²) >= 11 is 6.03. The van der Waals surface area contributed by atoms with Crippen LogP contribution in [0.5, 0.6) is 0 Å². The maximum Gasteiger partial charge on any atom is 0.183 e. The fraction of sp³-hybridized carbons (Fsp3) is 0.188. The maximum atomic E-state index is 12.2. The Hall–Kier alpha value is -1.80. The summed E-state index contributed by atoms with van der Waals surface area (Å²) < 4.78 is 0. The minimum Gasteiger partial charge on any atom is -0.367 e. The molecule has 0 aliphatic rings. The molecule has 0 radical (unpaired) electrons. The van der Waals surface area contributed by atoms with Crippen molar-refractivity contribution in [1.82, 2.24) is 0 Å². The van der Waals surface area contributed by atoms with Crippen LogP contribution in [-0.2, 0) is 0 Å². The molecule has 0 saturated carbocycles. The number of carbonyl (C=O) groups is 1. The lowest BCUT2D eigenvalue weighted by atomic mass is 10.1. The van der Waals surface area contributed by atoms with Crippen LogP contribution >= 0.6 is 11.6 Å². The van der Waals surface area contributed by atoms with Crippen LogP contribution in [0.4, 0.5) is 5.69 Å². The number of ketones is 1. The molecule has 0 N–H and O–H groups in total. The predicted octanol–water partition coefficient (Wildman–Crippen LogP) is 3.97. The molecule has 3 heteroatoms. The summed E-state index contributed by atoms with van der Waals surface area (Å²) in [4.78, 5) is 14.1. The summed E-state index contributed by atoms with van der Waals surface area (Å²) in [5, 5.41) is 0.505. The first-order valence-electron chi connectivity index (χ1n) is 6.13. The van der Waals surface area contributed by atoms with Gasteiger partial charge in [-0.25, -0.2) is 0 Å². The summed E-state index contributed by atoms with van der Waals surface area (Å²) in [5.74, 6) is 0.0228. The number of nitrogens with zero attached hydrogens (tertiary/aromatic N) is 1. The molecular formula is C16H16ClNO. The first kappa shape index (κ1) is 13.6. The number of aryl methyl sites for hydroxylation is 1. The largest absolute Gasteiger partial charge is 0.367 e. The van der Waals surface area contributed by atoms with Crippen LogP contribution in [0.25, 0.3) is 0 Å². The van der Waals surface area contributed by atoms with Gasteiger partial charge in [-0.3, -0.25) is 4.79 Å². The van der Waals surface area contributed by atoms with Gasteiger partial charge in [0.05, 0.1) is 11.6 Å². The number of halogens is 1. The van der Waals surface area contributed by atoms with Crippen molar-refractivity contribution in [2.75, 3.05) is 18.5 Å². The number of benzene rings is 2. The van der Waals surface area contributed by atoms with Crippen molar-refractivity contribution < 1.29 is 4.79 Å². The van der Waals surface area contributed by atoms with Crippen molar-refractivity contribution in [2.24, 2.45) is 0 Å². The Balaban J connectivity index is 2.13. The number of anilines is 1. The molecular weight excluding hydrogens is 258 g/mol. The molecule has 0 fully saturated rings. The van der Waals surface area contributed by atoms with Crippen LogP contribution in [0.15, 0.2) is 48.5 Å². The molecule has 0 spiro atoms. The lowest BCUT2D eigenvalue weighted by Gasteiger charge is -2.19. The van der Waals surface area contributed by atoms with E-state index in [0.717, 1.165) is 5.69 Å². The van der Waals surface area contributed by atoms with E-state index in [-0.39, 0.29) is 5.78 Å². The summed E-state index contributed by atoms with van der Waals surface area (Å²) in [7, 11) is 1.91. The molecule has 0 heterocycles. The van der Waals surface area contributed by atoms with Gasteiger partial charge in [0, 0.05) is 18.3 Å². The van der Waals surface area contributed by atoms with E-state index >= 15 is 0 Å². The number of Topliss-reactive ketones (excluding diaryl/α,β-unsaturated/α-hetero) is 1. The Morgan fingerprint density at radius 3 is 2.58 bits per heavy atom. The molecule has 2 rings (SSSR count). The van der Waals surface area contributed by atoms with E-state index < -0.39 is 0 Å². The zero-order valence-electron chi connectivity index (χ0n) is 11.1. The first-order chi connectivity index (χ1) is 9.08. The lowest BCUT2D eigenvalue weighted by molar-refractivity contribution is 0.100. The highest BCUT2D eigenvalue weighted by atomic mass is 35.5.